The third kappa shape index (κ3) is 6.62. The highest BCUT2D eigenvalue weighted by Crippen LogP contribution is 2.10. The minimum Gasteiger partial charge on any atom is -0.0882 e. The fraction of sp³-hybridized carbons (Fsp3) is 0.692. The number of allylic oxidation sites excluding steroid dienone is 4. The molecule has 0 unspecified atom stereocenters. The lowest BCUT2D eigenvalue weighted by Crippen LogP contribution is -1.78. The second kappa shape index (κ2) is 8.10. The molecule has 0 aromatic carbocycles. The highest BCUT2D eigenvalue weighted by Gasteiger charge is 1.90. The minimum absolute atomic E-state index is 1.08. The Morgan fingerprint density at radius 1 is 0.769 bits per heavy atom. The second-order valence-electron chi connectivity index (χ2n) is 3.78. The Balaban J connectivity index is 2.18. The molecule has 1 radical (unpaired) electrons. The molecule has 0 fully saturated rings. The molecule has 0 aliphatic heterocycles. The molecule has 0 amide bonds. The Labute approximate surface area is 82.7 Å². The van der Waals surface area contributed by atoms with Gasteiger partial charge in [-0.3, -0.25) is 0 Å². The summed E-state index contributed by atoms with van der Waals surface area (Å²) in [4.78, 5) is 0. The van der Waals surface area contributed by atoms with Gasteiger partial charge in [-0.15, -0.1) is 0 Å². The largest absolute Gasteiger partial charge is 0.0882 e. The van der Waals surface area contributed by atoms with Crippen molar-refractivity contribution in [3.8, 4) is 0 Å². The topological polar surface area (TPSA) is 0 Å². The van der Waals surface area contributed by atoms with Gasteiger partial charge in [0.05, 0.1) is 0 Å². The highest BCUT2D eigenvalue weighted by molar-refractivity contribution is 4.89. The average molecular weight is 177 g/mol. The van der Waals surface area contributed by atoms with E-state index in [0.29, 0.717) is 0 Å². The monoisotopic (exact) mass is 177 g/mol. The number of hydrogen-bond donors (Lipinski definition) is 0. The van der Waals surface area contributed by atoms with Crippen LogP contribution in [0.1, 0.15) is 57.8 Å². The molecule has 0 heteroatoms. The molecule has 13 heavy (non-hydrogen) atoms. The molecule has 1 rings (SSSR count). The lowest BCUT2D eigenvalue weighted by molar-refractivity contribution is 0.598. The predicted molar refractivity (Wildman–Crippen MR) is 58.5 cm³/mol. The molecular weight excluding hydrogens is 156 g/mol. The summed E-state index contributed by atoms with van der Waals surface area (Å²) >= 11 is 0. The van der Waals surface area contributed by atoms with Crippen molar-refractivity contribution in [2.75, 3.05) is 0 Å². The van der Waals surface area contributed by atoms with E-state index >= 15 is 0 Å². The first kappa shape index (κ1) is 10.6. The van der Waals surface area contributed by atoms with Crippen molar-refractivity contribution in [1.29, 1.82) is 0 Å². The zero-order valence-electron chi connectivity index (χ0n) is 8.60. The second-order valence-corrected chi connectivity index (χ2v) is 3.78. The summed E-state index contributed by atoms with van der Waals surface area (Å²) in [5.41, 5.74) is 0. The van der Waals surface area contributed by atoms with E-state index in [-0.39, 0.29) is 0 Å². The molecule has 0 heterocycles. The number of rotatable bonds is 0. The molecule has 1 aliphatic carbocycles. The van der Waals surface area contributed by atoms with E-state index in [9.17, 15) is 0 Å². The summed E-state index contributed by atoms with van der Waals surface area (Å²) in [5.74, 6) is 0. The summed E-state index contributed by atoms with van der Waals surface area (Å²) in [5, 5.41) is 0. The lowest BCUT2D eigenvalue weighted by Gasteiger charge is -1.98. The normalized spacial score (nSPS) is 21.5. The molecule has 0 bridgehead atoms. The van der Waals surface area contributed by atoms with Crippen LogP contribution in [0.5, 0.6) is 0 Å². The Bertz CT molecular complexity index is 135. The molecule has 0 atom stereocenters. The Hall–Kier alpha value is -0.520. The zero-order valence-corrected chi connectivity index (χ0v) is 8.60. The van der Waals surface area contributed by atoms with Gasteiger partial charge in [-0.25, -0.2) is 0 Å². The molecule has 0 saturated carbocycles. The molecule has 0 spiro atoms. The third-order valence-electron chi connectivity index (χ3n) is 2.51. The van der Waals surface area contributed by atoms with E-state index in [0.717, 1.165) is 12.8 Å². The Morgan fingerprint density at radius 3 is 2.46 bits per heavy atom. The van der Waals surface area contributed by atoms with E-state index in [2.05, 4.69) is 24.3 Å². The van der Waals surface area contributed by atoms with E-state index in [1.807, 2.05) is 0 Å². The van der Waals surface area contributed by atoms with Crippen molar-refractivity contribution in [3.05, 3.63) is 24.3 Å². The maximum Gasteiger partial charge on any atom is -0.0163 e. The van der Waals surface area contributed by atoms with Crippen molar-refractivity contribution in [1.82, 2.24) is 0 Å². The molecule has 73 valence electrons. The van der Waals surface area contributed by atoms with Gasteiger partial charge in [0.25, 0.3) is 0 Å². The smallest absolute Gasteiger partial charge is 0.0163 e. The van der Waals surface area contributed by atoms with Gasteiger partial charge in [-0.1, -0.05) is 43.9 Å². The first-order valence-electron chi connectivity index (χ1n) is 5.70. The molecule has 0 aromatic heterocycles. The van der Waals surface area contributed by atoms with Gasteiger partial charge in [0.15, 0.2) is 0 Å². The Kier molecular flexibility index (Phi) is 6.58. The fourth-order valence-electron chi connectivity index (χ4n) is 1.66. The summed E-state index contributed by atoms with van der Waals surface area (Å²) in [6, 6.07) is 0. The molecule has 0 nitrogen and oxygen atoms in total. The fourth-order valence-corrected chi connectivity index (χ4v) is 1.66. The van der Waals surface area contributed by atoms with Crippen LogP contribution in [-0.2, 0) is 0 Å². The maximum absolute atomic E-state index is 3.35. The van der Waals surface area contributed by atoms with Gasteiger partial charge in [0.1, 0.15) is 0 Å². The number of hydrogen-bond acceptors (Lipinski definition) is 0. The van der Waals surface area contributed by atoms with Gasteiger partial charge in [-0.05, 0) is 38.2 Å². The van der Waals surface area contributed by atoms with Crippen LogP contribution < -0.4 is 0 Å². The summed E-state index contributed by atoms with van der Waals surface area (Å²) < 4.78 is 0. The first-order chi connectivity index (χ1) is 6.50. The minimum atomic E-state index is 1.08. The SMILES string of the molecule is [C]1=CCC=CCCCCCCCC1. The third-order valence-corrected chi connectivity index (χ3v) is 2.51. The van der Waals surface area contributed by atoms with Crippen LogP contribution in [0.2, 0.25) is 0 Å². The van der Waals surface area contributed by atoms with Crippen molar-refractivity contribution in [2.45, 2.75) is 57.8 Å². The van der Waals surface area contributed by atoms with E-state index in [1.165, 1.54) is 44.9 Å². The van der Waals surface area contributed by atoms with Crippen molar-refractivity contribution >= 4 is 0 Å². The highest BCUT2D eigenvalue weighted by atomic mass is 14.0. The van der Waals surface area contributed by atoms with Crippen LogP contribution in [0.25, 0.3) is 0 Å². The van der Waals surface area contributed by atoms with Crippen LogP contribution >= 0.6 is 0 Å². The molecule has 0 saturated heterocycles. The quantitative estimate of drug-likeness (QED) is 0.480. The van der Waals surface area contributed by atoms with Crippen molar-refractivity contribution < 1.29 is 0 Å². The van der Waals surface area contributed by atoms with E-state index < -0.39 is 0 Å². The van der Waals surface area contributed by atoms with Crippen LogP contribution in [0, 0.1) is 6.08 Å². The summed E-state index contributed by atoms with van der Waals surface area (Å²) in [6.45, 7) is 0. The zero-order chi connectivity index (χ0) is 9.19. The lowest BCUT2D eigenvalue weighted by atomic mass is 10.1. The van der Waals surface area contributed by atoms with Gasteiger partial charge in [-0.2, -0.15) is 0 Å². The van der Waals surface area contributed by atoms with Gasteiger partial charge in [0, 0.05) is 0 Å². The molecule has 0 N–H and O–H groups in total. The van der Waals surface area contributed by atoms with Crippen molar-refractivity contribution in [2.24, 2.45) is 0 Å². The van der Waals surface area contributed by atoms with Crippen LogP contribution in [-0.4, -0.2) is 0 Å². The molecule has 1 aliphatic rings. The van der Waals surface area contributed by atoms with Crippen LogP contribution in [0.3, 0.4) is 0 Å². The average Bonchev–Trinajstić information content (AvgIpc) is 2.18. The molecular formula is C13H21. The van der Waals surface area contributed by atoms with Crippen LogP contribution in [0.15, 0.2) is 18.2 Å². The predicted octanol–water partition coefficient (Wildman–Crippen LogP) is 4.43. The summed E-state index contributed by atoms with van der Waals surface area (Å²) in [7, 11) is 0. The standard InChI is InChI=1S/C13H21/c1-2-4-6-8-10-12-13-11-9-7-5-3-1/h1-2,5H,3-4,6,8-13H2. The van der Waals surface area contributed by atoms with E-state index in [4.69, 9.17) is 0 Å². The maximum atomic E-state index is 3.35. The Morgan fingerprint density at radius 2 is 1.54 bits per heavy atom. The van der Waals surface area contributed by atoms with Crippen molar-refractivity contribution in [3.63, 3.8) is 0 Å². The van der Waals surface area contributed by atoms with Crippen LogP contribution in [0.4, 0.5) is 0 Å². The molecule has 0 aromatic rings. The summed E-state index contributed by atoms with van der Waals surface area (Å²) in [6.07, 6.45) is 22.0. The van der Waals surface area contributed by atoms with Gasteiger partial charge in [0.2, 0.25) is 0 Å². The van der Waals surface area contributed by atoms with Gasteiger partial charge >= 0.3 is 0 Å². The first-order valence-corrected chi connectivity index (χ1v) is 5.70. The van der Waals surface area contributed by atoms with Gasteiger partial charge < -0.3 is 0 Å². The van der Waals surface area contributed by atoms with E-state index in [1.54, 1.807) is 0 Å².